The first-order valence-electron chi connectivity index (χ1n) is 7.13. The molecule has 0 saturated heterocycles. The van der Waals surface area contributed by atoms with Gasteiger partial charge in [-0.3, -0.25) is 9.79 Å². The molecular formula is C14H29IN4O. The normalized spacial score (nSPS) is 17.8. The molecule has 6 heteroatoms. The first-order chi connectivity index (χ1) is 8.87. The Hall–Kier alpha value is -0.530. The van der Waals surface area contributed by atoms with Crippen LogP contribution in [0.5, 0.6) is 0 Å². The summed E-state index contributed by atoms with van der Waals surface area (Å²) in [5.41, 5.74) is 5.52. The van der Waals surface area contributed by atoms with Crippen molar-refractivity contribution in [3.8, 4) is 0 Å². The Morgan fingerprint density at radius 2 is 1.90 bits per heavy atom. The van der Waals surface area contributed by atoms with E-state index in [9.17, 15) is 4.79 Å². The summed E-state index contributed by atoms with van der Waals surface area (Å²) in [6.45, 7) is 5.55. The van der Waals surface area contributed by atoms with Crippen molar-refractivity contribution in [2.45, 2.75) is 39.5 Å². The van der Waals surface area contributed by atoms with Gasteiger partial charge in [0.15, 0.2) is 5.96 Å². The third-order valence-corrected chi connectivity index (χ3v) is 3.66. The highest BCUT2D eigenvalue weighted by atomic mass is 127. The van der Waals surface area contributed by atoms with Crippen LogP contribution in [0.2, 0.25) is 0 Å². The summed E-state index contributed by atoms with van der Waals surface area (Å²) in [6, 6.07) is 0. The molecule has 0 aromatic rings. The molecule has 0 unspecified atom stereocenters. The van der Waals surface area contributed by atoms with Crippen LogP contribution >= 0.6 is 24.0 Å². The van der Waals surface area contributed by atoms with E-state index in [0.717, 1.165) is 32.2 Å². The molecule has 0 aromatic carbocycles. The third kappa shape index (κ3) is 5.46. The standard InChI is InChI=1S/C14H28N4O.HI/c1-11(2)9-16-13(15)17-10-14(7-5-6-8-14)12(19)18(3)4;/h11H,5-10H2,1-4H3,(H3,15,16,17);1H. The lowest BCUT2D eigenvalue weighted by Gasteiger charge is -2.29. The molecule has 0 spiro atoms. The second kappa shape index (κ2) is 8.69. The number of aliphatic imine (C=N–C) groups is 1. The highest BCUT2D eigenvalue weighted by molar-refractivity contribution is 14.0. The van der Waals surface area contributed by atoms with Crippen molar-refractivity contribution in [1.29, 1.82) is 0 Å². The van der Waals surface area contributed by atoms with Crippen LogP contribution in [0.15, 0.2) is 4.99 Å². The monoisotopic (exact) mass is 396 g/mol. The molecule has 5 nitrogen and oxygen atoms in total. The predicted octanol–water partition coefficient (Wildman–Crippen LogP) is 1.81. The van der Waals surface area contributed by atoms with Gasteiger partial charge in [-0.1, -0.05) is 26.7 Å². The SMILES string of the molecule is CC(C)CNC(N)=NCC1(C(=O)N(C)C)CCCC1.I. The molecule has 3 N–H and O–H groups in total. The van der Waals surface area contributed by atoms with Crippen molar-refractivity contribution in [3.05, 3.63) is 0 Å². The van der Waals surface area contributed by atoms with E-state index < -0.39 is 0 Å². The van der Waals surface area contributed by atoms with Crippen molar-refractivity contribution >= 4 is 35.8 Å². The molecule has 0 bridgehead atoms. The molecule has 0 aromatic heterocycles. The highest BCUT2D eigenvalue weighted by Gasteiger charge is 2.41. The maximum atomic E-state index is 12.3. The lowest BCUT2D eigenvalue weighted by Crippen LogP contribution is -2.42. The number of nitrogens with two attached hydrogens (primary N) is 1. The van der Waals surface area contributed by atoms with Gasteiger partial charge in [0.05, 0.1) is 12.0 Å². The van der Waals surface area contributed by atoms with Crippen LogP contribution in [0.1, 0.15) is 39.5 Å². The molecule has 0 radical (unpaired) electrons. The van der Waals surface area contributed by atoms with Gasteiger partial charge in [0, 0.05) is 20.6 Å². The van der Waals surface area contributed by atoms with Crippen LogP contribution in [-0.2, 0) is 4.79 Å². The molecule has 1 amide bonds. The van der Waals surface area contributed by atoms with Gasteiger partial charge >= 0.3 is 0 Å². The quantitative estimate of drug-likeness (QED) is 0.423. The zero-order valence-electron chi connectivity index (χ0n) is 13.1. The predicted molar refractivity (Wildman–Crippen MR) is 94.3 cm³/mol. The molecule has 118 valence electrons. The Bertz CT molecular complexity index is 336. The van der Waals surface area contributed by atoms with Gasteiger partial charge in [-0.2, -0.15) is 0 Å². The number of hydrogen-bond acceptors (Lipinski definition) is 2. The van der Waals surface area contributed by atoms with Crippen molar-refractivity contribution in [3.63, 3.8) is 0 Å². The first kappa shape index (κ1) is 19.5. The molecule has 0 atom stereocenters. The molecule has 1 fully saturated rings. The molecule has 1 aliphatic carbocycles. The highest BCUT2D eigenvalue weighted by Crippen LogP contribution is 2.39. The van der Waals surface area contributed by atoms with Gasteiger partial charge in [0.2, 0.25) is 5.91 Å². The fraction of sp³-hybridized carbons (Fsp3) is 0.857. The molecule has 0 heterocycles. The summed E-state index contributed by atoms with van der Waals surface area (Å²) >= 11 is 0. The molecule has 20 heavy (non-hydrogen) atoms. The lowest BCUT2D eigenvalue weighted by molar-refractivity contribution is -0.138. The Morgan fingerprint density at radius 1 is 1.35 bits per heavy atom. The van der Waals surface area contributed by atoms with Crippen LogP contribution in [-0.4, -0.2) is 44.0 Å². The second-order valence-corrected chi connectivity index (χ2v) is 6.16. The van der Waals surface area contributed by atoms with Gasteiger partial charge in [-0.25, -0.2) is 0 Å². The summed E-state index contributed by atoms with van der Waals surface area (Å²) < 4.78 is 0. The lowest BCUT2D eigenvalue weighted by atomic mass is 9.85. The van der Waals surface area contributed by atoms with E-state index in [1.165, 1.54) is 0 Å². The smallest absolute Gasteiger partial charge is 0.230 e. The largest absolute Gasteiger partial charge is 0.370 e. The van der Waals surface area contributed by atoms with Crippen molar-refractivity contribution in [1.82, 2.24) is 10.2 Å². The minimum atomic E-state index is -0.326. The van der Waals surface area contributed by atoms with E-state index in [0.29, 0.717) is 18.4 Å². The average molecular weight is 396 g/mol. The Labute approximate surface area is 139 Å². The maximum Gasteiger partial charge on any atom is 0.230 e. The number of carbonyl (C=O) groups is 1. The summed E-state index contributed by atoms with van der Waals surface area (Å²) in [5.74, 6) is 1.16. The number of hydrogen-bond donors (Lipinski definition) is 2. The van der Waals surface area contributed by atoms with Gasteiger partial charge in [-0.15, -0.1) is 24.0 Å². The van der Waals surface area contributed by atoms with E-state index in [2.05, 4.69) is 24.2 Å². The molecule has 0 aliphatic heterocycles. The number of amides is 1. The number of rotatable bonds is 5. The summed E-state index contributed by atoms with van der Waals surface area (Å²) in [6.07, 6.45) is 4.05. The van der Waals surface area contributed by atoms with Gasteiger partial charge < -0.3 is 16.0 Å². The molecule has 1 rings (SSSR count). The minimum Gasteiger partial charge on any atom is -0.370 e. The van der Waals surface area contributed by atoms with E-state index in [4.69, 9.17) is 5.73 Å². The number of halogens is 1. The van der Waals surface area contributed by atoms with Crippen LogP contribution in [0.3, 0.4) is 0 Å². The van der Waals surface area contributed by atoms with Crippen molar-refractivity contribution in [2.24, 2.45) is 22.1 Å². The van der Waals surface area contributed by atoms with Gasteiger partial charge in [0.25, 0.3) is 0 Å². The fourth-order valence-electron chi connectivity index (χ4n) is 2.57. The van der Waals surface area contributed by atoms with Crippen LogP contribution < -0.4 is 11.1 Å². The molecular weight excluding hydrogens is 367 g/mol. The van der Waals surface area contributed by atoms with E-state index >= 15 is 0 Å². The minimum absolute atomic E-state index is 0. The first-order valence-corrected chi connectivity index (χ1v) is 7.13. The third-order valence-electron chi connectivity index (χ3n) is 3.66. The number of carbonyl (C=O) groups excluding carboxylic acids is 1. The fourth-order valence-corrected chi connectivity index (χ4v) is 2.57. The summed E-state index contributed by atoms with van der Waals surface area (Å²) in [4.78, 5) is 18.4. The van der Waals surface area contributed by atoms with E-state index in [-0.39, 0.29) is 35.3 Å². The average Bonchev–Trinajstić information content (AvgIpc) is 2.82. The molecule has 1 saturated carbocycles. The summed E-state index contributed by atoms with van der Waals surface area (Å²) in [5, 5.41) is 3.09. The maximum absolute atomic E-state index is 12.3. The summed E-state index contributed by atoms with van der Waals surface area (Å²) in [7, 11) is 3.62. The second-order valence-electron chi connectivity index (χ2n) is 6.16. The zero-order valence-corrected chi connectivity index (χ0v) is 15.4. The molecule has 1 aliphatic rings. The van der Waals surface area contributed by atoms with Crippen molar-refractivity contribution < 1.29 is 4.79 Å². The number of guanidine groups is 1. The number of nitrogens with zero attached hydrogens (tertiary/aromatic N) is 2. The van der Waals surface area contributed by atoms with Crippen LogP contribution in [0, 0.1) is 11.3 Å². The zero-order chi connectivity index (χ0) is 14.5. The Morgan fingerprint density at radius 3 is 2.35 bits per heavy atom. The topological polar surface area (TPSA) is 70.7 Å². The Balaban J connectivity index is 0.00000361. The number of nitrogens with one attached hydrogen (secondary N) is 1. The van der Waals surface area contributed by atoms with E-state index in [1.807, 2.05) is 14.1 Å². The van der Waals surface area contributed by atoms with Gasteiger partial charge in [0.1, 0.15) is 0 Å². The van der Waals surface area contributed by atoms with Gasteiger partial charge in [-0.05, 0) is 18.8 Å². The van der Waals surface area contributed by atoms with Crippen LogP contribution in [0.25, 0.3) is 0 Å². The van der Waals surface area contributed by atoms with Crippen LogP contribution in [0.4, 0.5) is 0 Å². The Kier molecular flexibility index (Phi) is 8.46. The van der Waals surface area contributed by atoms with E-state index in [1.54, 1.807) is 4.90 Å². The van der Waals surface area contributed by atoms with Crippen molar-refractivity contribution in [2.75, 3.05) is 27.2 Å².